The molecule has 4 N–H and O–H groups in total. The SMILES string of the molecule is O=C1OC2(OC(=O)C(O)C1O)OC(=O)C(O)C(O)C(=O)O2. The lowest BCUT2D eigenvalue weighted by Crippen LogP contribution is -2.46. The number of hydrogen-bond donors (Lipinski definition) is 4. The van der Waals surface area contributed by atoms with Crippen LogP contribution in [0, 0.1) is 0 Å². The number of hydrogen-bond acceptors (Lipinski definition) is 12. The first-order chi connectivity index (χ1) is 9.67. The second-order valence-electron chi connectivity index (χ2n) is 3.96. The summed E-state index contributed by atoms with van der Waals surface area (Å²) in [5, 5.41) is 36.8. The summed E-state index contributed by atoms with van der Waals surface area (Å²) >= 11 is 0. The molecule has 0 aromatic rings. The Labute approximate surface area is 114 Å². The minimum atomic E-state index is -3.40. The molecule has 116 valence electrons. The highest BCUT2D eigenvalue weighted by Gasteiger charge is 2.60. The summed E-state index contributed by atoms with van der Waals surface area (Å²) < 4.78 is 16.8. The van der Waals surface area contributed by atoms with Gasteiger partial charge in [-0.15, -0.1) is 0 Å². The van der Waals surface area contributed by atoms with E-state index in [0.717, 1.165) is 0 Å². The van der Waals surface area contributed by atoms with Gasteiger partial charge in [0.2, 0.25) is 0 Å². The second kappa shape index (κ2) is 4.92. The van der Waals surface area contributed by atoms with E-state index >= 15 is 0 Å². The topological polar surface area (TPSA) is 186 Å². The average Bonchev–Trinajstić information content (AvgIpc) is 2.53. The molecule has 0 aliphatic carbocycles. The second-order valence-corrected chi connectivity index (χ2v) is 3.96. The average molecular weight is 308 g/mol. The quantitative estimate of drug-likeness (QED) is 0.313. The van der Waals surface area contributed by atoms with Crippen molar-refractivity contribution in [3.8, 4) is 0 Å². The summed E-state index contributed by atoms with van der Waals surface area (Å²) in [7, 11) is 0. The van der Waals surface area contributed by atoms with Gasteiger partial charge in [0, 0.05) is 0 Å². The van der Waals surface area contributed by atoms with Crippen molar-refractivity contribution in [1.82, 2.24) is 0 Å². The van der Waals surface area contributed by atoms with Gasteiger partial charge in [-0.1, -0.05) is 0 Å². The lowest BCUT2D eigenvalue weighted by Gasteiger charge is -2.24. The Kier molecular flexibility index (Phi) is 3.54. The first-order valence-corrected chi connectivity index (χ1v) is 5.30. The highest BCUT2D eigenvalue weighted by atomic mass is 17.0. The number of carbonyl (C=O) groups excluding carboxylic acids is 4. The molecule has 0 aromatic heterocycles. The molecule has 4 atom stereocenters. The number of ether oxygens (including phenoxy) is 4. The molecule has 0 bridgehead atoms. The number of rotatable bonds is 0. The molecule has 2 aliphatic rings. The van der Waals surface area contributed by atoms with Crippen LogP contribution >= 0.6 is 0 Å². The van der Waals surface area contributed by atoms with E-state index < -0.39 is 54.5 Å². The third-order valence-electron chi connectivity index (χ3n) is 2.47. The van der Waals surface area contributed by atoms with Crippen molar-refractivity contribution >= 4 is 23.9 Å². The van der Waals surface area contributed by atoms with E-state index in [0.29, 0.717) is 0 Å². The molecule has 2 saturated heterocycles. The van der Waals surface area contributed by atoms with Gasteiger partial charge < -0.3 is 39.4 Å². The van der Waals surface area contributed by atoms with Crippen molar-refractivity contribution < 1.29 is 58.6 Å². The molecule has 0 saturated carbocycles. The molecule has 2 rings (SSSR count). The Balaban J connectivity index is 2.40. The normalized spacial score (nSPS) is 40.6. The van der Waals surface area contributed by atoms with Crippen LogP contribution in [0.4, 0.5) is 0 Å². The van der Waals surface area contributed by atoms with E-state index in [1.807, 2.05) is 0 Å². The van der Waals surface area contributed by atoms with E-state index in [1.54, 1.807) is 0 Å². The van der Waals surface area contributed by atoms with Crippen LogP contribution in [0.15, 0.2) is 0 Å². The fraction of sp³-hybridized carbons (Fsp3) is 0.556. The van der Waals surface area contributed by atoms with Crippen LogP contribution in [0.1, 0.15) is 0 Å². The van der Waals surface area contributed by atoms with Crippen LogP contribution in [0.3, 0.4) is 0 Å². The van der Waals surface area contributed by atoms with Crippen molar-refractivity contribution in [3.63, 3.8) is 0 Å². The predicted octanol–water partition coefficient (Wildman–Crippen LogP) is -4.76. The van der Waals surface area contributed by atoms with Crippen LogP contribution in [0.5, 0.6) is 0 Å². The fourth-order valence-corrected chi connectivity index (χ4v) is 1.37. The Morgan fingerprint density at radius 3 is 0.952 bits per heavy atom. The number of aliphatic hydroxyl groups excluding tert-OH is 4. The zero-order chi connectivity index (χ0) is 15.9. The number of carbonyl (C=O) groups is 4. The zero-order valence-corrected chi connectivity index (χ0v) is 9.86. The standard InChI is InChI=1S/C9H8O12/c10-1-2(11)6(15)19-9(18-5(1)14)20-7(16)3(12)4(13)8(17)21-9/h1-4,10-13H. The van der Waals surface area contributed by atoms with Crippen LogP contribution in [0.25, 0.3) is 0 Å². The first-order valence-electron chi connectivity index (χ1n) is 5.30. The van der Waals surface area contributed by atoms with Gasteiger partial charge in [-0.3, -0.25) is 0 Å². The Morgan fingerprint density at radius 2 is 0.762 bits per heavy atom. The van der Waals surface area contributed by atoms with Crippen molar-refractivity contribution in [2.24, 2.45) is 0 Å². The summed E-state index contributed by atoms with van der Waals surface area (Å²) in [5.41, 5.74) is 0. The largest absolute Gasteiger partial charge is 0.620 e. The lowest BCUT2D eigenvalue weighted by atomic mass is 10.2. The first kappa shape index (κ1) is 15.1. The van der Waals surface area contributed by atoms with E-state index in [-0.39, 0.29) is 0 Å². The van der Waals surface area contributed by atoms with E-state index in [1.165, 1.54) is 0 Å². The molecule has 12 nitrogen and oxygen atoms in total. The van der Waals surface area contributed by atoms with Gasteiger partial charge in [0.25, 0.3) is 0 Å². The third kappa shape index (κ3) is 2.52. The van der Waals surface area contributed by atoms with Gasteiger partial charge in [0.05, 0.1) is 0 Å². The minimum Gasteiger partial charge on any atom is -0.379 e. The lowest BCUT2D eigenvalue weighted by molar-refractivity contribution is -0.428. The summed E-state index contributed by atoms with van der Waals surface area (Å²) in [4.78, 5) is 45.4. The van der Waals surface area contributed by atoms with E-state index in [9.17, 15) is 39.6 Å². The van der Waals surface area contributed by atoms with Gasteiger partial charge in [-0.05, 0) is 0 Å². The van der Waals surface area contributed by atoms with Gasteiger partial charge in [0.15, 0.2) is 24.4 Å². The number of aliphatic hydroxyl groups is 4. The highest BCUT2D eigenvalue weighted by Crippen LogP contribution is 2.28. The molecule has 2 aliphatic heterocycles. The third-order valence-corrected chi connectivity index (χ3v) is 2.47. The maximum absolute atomic E-state index is 11.4. The summed E-state index contributed by atoms with van der Waals surface area (Å²) in [6.07, 6.45) is -13.0. The van der Waals surface area contributed by atoms with Gasteiger partial charge in [-0.2, -0.15) is 0 Å². The molecule has 21 heavy (non-hydrogen) atoms. The molecule has 0 aromatic carbocycles. The van der Waals surface area contributed by atoms with Crippen LogP contribution in [0.2, 0.25) is 0 Å². The summed E-state index contributed by atoms with van der Waals surface area (Å²) in [5.74, 6) is -6.89. The molecule has 12 heteroatoms. The Bertz CT molecular complexity index is 417. The summed E-state index contributed by atoms with van der Waals surface area (Å²) in [6.45, 7) is 0. The van der Waals surface area contributed by atoms with Crippen molar-refractivity contribution in [2.75, 3.05) is 0 Å². The van der Waals surface area contributed by atoms with Crippen molar-refractivity contribution in [1.29, 1.82) is 0 Å². The fourth-order valence-electron chi connectivity index (χ4n) is 1.37. The molecule has 2 fully saturated rings. The molecule has 0 radical (unpaired) electrons. The Hall–Kier alpha value is -2.28. The van der Waals surface area contributed by atoms with Gasteiger partial charge in [0.1, 0.15) is 0 Å². The van der Waals surface area contributed by atoms with Crippen LogP contribution in [-0.4, -0.2) is 74.9 Å². The predicted molar refractivity (Wildman–Crippen MR) is 51.1 cm³/mol. The summed E-state index contributed by atoms with van der Waals surface area (Å²) in [6, 6.07) is 0. The van der Waals surface area contributed by atoms with Crippen LogP contribution < -0.4 is 0 Å². The molecular formula is C9H8O12. The van der Waals surface area contributed by atoms with Crippen molar-refractivity contribution in [2.45, 2.75) is 30.6 Å². The van der Waals surface area contributed by atoms with Crippen LogP contribution in [-0.2, 0) is 38.1 Å². The van der Waals surface area contributed by atoms with E-state index in [4.69, 9.17) is 0 Å². The van der Waals surface area contributed by atoms with Gasteiger partial charge >= 0.3 is 30.0 Å². The molecule has 4 unspecified atom stereocenters. The monoisotopic (exact) mass is 308 g/mol. The van der Waals surface area contributed by atoms with E-state index in [2.05, 4.69) is 18.9 Å². The molecule has 2 heterocycles. The van der Waals surface area contributed by atoms with Gasteiger partial charge in [-0.25, -0.2) is 19.2 Å². The van der Waals surface area contributed by atoms with Crippen molar-refractivity contribution in [3.05, 3.63) is 0 Å². The number of esters is 4. The molecule has 1 spiro atoms. The maximum atomic E-state index is 11.4. The minimum absolute atomic E-state index is 1.72. The smallest absolute Gasteiger partial charge is 0.379 e. The Morgan fingerprint density at radius 1 is 0.571 bits per heavy atom. The highest BCUT2D eigenvalue weighted by molar-refractivity contribution is 5.90. The maximum Gasteiger partial charge on any atom is 0.620 e. The molecule has 0 amide bonds. The molecular weight excluding hydrogens is 300 g/mol. The zero-order valence-electron chi connectivity index (χ0n) is 9.86.